The average molecular weight is 248 g/mol. The normalized spacial score (nSPS) is 9.67. The number of nitrogens with zero attached hydrogens (tertiary/aromatic N) is 1. The summed E-state index contributed by atoms with van der Waals surface area (Å²) in [5.41, 5.74) is 6.38. The minimum Gasteiger partial charge on any atom is -0.403 e. The average Bonchev–Trinajstić information content (AvgIpc) is 2.44. The highest BCUT2D eigenvalue weighted by Gasteiger charge is 1.85. The van der Waals surface area contributed by atoms with Crippen LogP contribution in [0.3, 0.4) is 0 Å². The largest absolute Gasteiger partial charge is 0.403 e. The van der Waals surface area contributed by atoms with Crippen LogP contribution in [0.5, 0.6) is 0 Å². The maximum atomic E-state index is 5.39. The molecule has 0 aromatic carbocycles. The molecule has 0 saturated heterocycles. The highest BCUT2D eigenvalue weighted by atomic mass is 14.7. The first-order valence-electron chi connectivity index (χ1n) is 6.38. The van der Waals surface area contributed by atoms with Crippen LogP contribution >= 0.6 is 0 Å². The van der Waals surface area contributed by atoms with Crippen molar-refractivity contribution in [1.29, 1.82) is 0 Å². The van der Waals surface area contributed by atoms with Crippen molar-refractivity contribution in [2.75, 3.05) is 0 Å². The van der Waals surface area contributed by atoms with Crippen LogP contribution in [0.15, 0.2) is 12.1 Å². The van der Waals surface area contributed by atoms with E-state index in [1.807, 2.05) is 59.8 Å². The molecule has 2 N–H and O–H groups in total. The molecule has 0 unspecified atom stereocenters. The molecular formula is C16H28N2. The maximum Gasteiger partial charge on any atom is 0.0856 e. The first-order chi connectivity index (χ1) is 8.69. The van der Waals surface area contributed by atoms with Crippen LogP contribution in [0, 0.1) is 19.3 Å². The van der Waals surface area contributed by atoms with Gasteiger partial charge < -0.3 is 5.73 Å². The zero-order valence-electron chi connectivity index (χ0n) is 12.9. The Balaban J connectivity index is -0.000000274. The van der Waals surface area contributed by atoms with Gasteiger partial charge in [-0.25, -0.2) is 0 Å². The number of aromatic nitrogens is 1. The molecule has 0 saturated carbocycles. The van der Waals surface area contributed by atoms with Crippen LogP contribution in [0.25, 0.3) is 12.3 Å². The third-order valence-corrected chi connectivity index (χ3v) is 1.57. The van der Waals surface area contributed by atoms with Gasteiger partial charge in [0.1, 0.15) is 0 Å². The summed E-state index contributed by atoms with van der Waals surface area (Å²) < 4.78 is 0. The van der Waals surface area contributed by atoms with Gasteiger partial charge in [-0.15, -0.1) is 12.3 Å². The molecule has 2 heteroatoms. The molecule has 0 amide bonds. The zero-order chi connectivity index (χ0) is 15.0. The minimum absolute atomic E-state index is 0.854. The van der Waals surface area contributed by atoms with Crippen molar-refractivity contribution in [2.45, 2.75) is 48.5 Å². The van der Waals surface area contributed by atoms with Gasteiger partial charge in [-0.2, -0.15) is 0 Å². The number of terminal acetylenes is 1. The van der Waals surface area contributed by atoms with Crippen LogP contribution < -0.4 is 16.3 Å². The van der Waals surface area contributed by atoms with Crippen molar-refractivity contribution in [3.63, 3.8) is 0 Å². The van der Waals surface area contributed by atoms with Gasteiger partial charge >= 0.3 is 0 Å². The second-order valence-electron chi connectivity index (χ2n) is 2.67. The molecule has 102 valence electrons. The lowest BCUT2D eigenvalue weighted by atomic mass is 10.3. The van der Waals surface area contributed by atoms with Crippen molar-refractivity contribution < 1.29 is 0 Å². The number of pyridine rings is 1. The molecule has 0 radical (unpaired) electrons. The quantitative estimate of drug-likeness (QED) is 0.717. The van der Waals surface area contributed by atoms with Gasteiger partial charge in [0, 0.05) is 11.9 Å². The number of nitrogens with two attached hydrogens (primary N) is 1. The Morgan fingerprint density at radius 1 is 1.22 bits per heavy atom. The fourth-order valence-electron chi connectivity index (χ4n) is 0.965. The summed E-state index contributed by atoms with van der Waals surface area (Å²) in [6.45, 7) is 13.6. The van der Waals surface area contributed by atoms with E-state index in [9.17, 15) is 0 Å². The Morgan fingerprint density at radius 3 is 2.00 bits per heavy atom. The fourth-order valence-corrected chi connectivity index (χ4v) is 0.965. The smallest absolute Gasteiger partial charge is 0.0856 e. The molecule has 0 aliphatic rings. The van der Waals surface area contributed by atoms with Crippen LogP contribution in [-0.2, 0) is 0 Å². The van der Waals surface area contributed by atoms with Crippen molar-refractivity contribution >= 4 is 12.3 Å². The van der Waals surface area contributed by atoms with Gasteiger partial charge in [-0.1, -0.05) is 39.8 Å². The molecule has 0 fully saturated rings. The van der Waals surface area contributed by atoms with Gasteiger partial charge in [0.05, 0.1) is 5.35 Å². The standard InChI is InChI=1S/C9H12N2.C3H4.2C2H6/c1-3-8-5-4-7(2)11-9(8)6-10;1-3-2;2*1-2/h3-6H,10H2,1-2H3;1H,2H3;2*1-2H3/b8-3-,9-6+;;;. The van der Waals surface area contributed by atoms with Gasteiger partial charge in [0.25, 0.3) is 0 Å². The molecule has 1 rings (SSSR count). The van der Waals surface area contributed by atoms with Gasteiger partial charge in [0.2, 0.25) is 0 Å². The van der Waals surface area contributed by atoms with Crippen LogP contribution in [0.4, 0.5) is 0 Å². The minimum atomic E-state index is 0.854. The van der Waals surface area contributed by atoms with E-state index in [0.29, 0.717) is 0 Å². The lowest BCUT2D eigenvalue weighted by Crippen LogP contribution is -2.29. The second kappa shape index (κ2) is 17.6. The Labute approximate surface area is 113 Å². The van der Waals surface area contributed by atoms with E-state index in [-0.39, 0.29) is 0 Å². The topological polar surface area (TPSA) is 38.9 Å². The molecule has 0 bridgehead atoms. The van der Waals surface area contributed by atoms with E-state index in [1.165, 1.54) is 6.20 Å². The van der Waals surface area contributed by atoms with E-state index in [2.05, 4.69) is 17.3 Å². The third kappa shape index (κ3) is 10.8. The number of rotatable bonds is 0. The zero-order valence-corrected chi connectivity index (χ0v) is 12.9. The monoisotopic (exact) mass is 248 g/mol. The second-order valence-corrected chi connectivity index (χ2v) is 2.67. The van der Waals surface area contributed by atoms with E-state index < -0.39 is 0 Å². The van der Waals surface area contributed by atoms with Crippen molar-refractivity contribution in [1.82, 2.24) is 4.98 Å². The summed E-state index contributed by atoms with van der Waals surface area (Å²) >= 11 is 0. The summed E-state index contributed by atoms with van der Waals surface area (Å²) in [5, 5.41) is 1.94. The highest BCUT2D eigenvalue weighted by Crippen LogP contribution is 1.79. The molecule has 0 aliphatic carbocycles. The Hall–Kier alpha value is -1.75. The first-order valence-corrected chi connectivity index (χ1v) is 6.38. The van der Waals surface area contributed by atoms with Crippen LogP contribution in [0.1, 0.15) is 47.2 Å². The molecule has 0 atom stereocenters. The number of hydrogen-bond acceptors (Lipinski definition) is 2. The van der Waals surface area contributed by atoms with Crippen molar-refractivity contribution in [3.05, 3.63) is 28.4 Å². The van der Waals surface area contributed by atoms with Crippen molar-refractivity contribution in [3.8, 4) is 12.3 Å². The Kier molecular flexibility index (Phi) is 21.1. The van der Waals surface area contributed by atoms with E-state index in [1.54, 1.807) is 6.92 Å². The molecule has 1 heterocycles. The van der Waals surface area contributed by atoms with E-state index >= 15 is 0 Å². The van der Waals surface area contributed by atoms with E-state index in [4.69, 9.17) is 5.73 Å². The summed E-state index contributed by atoms with van der Waals surface area (Å²) in [7, 11) is 0. The van der Waals surface area contributed by atoms with Crippen LogP contribution in [-0.4, -0.2) is 4.98 Å². The molecule has 18 heavy (non-hydrogen) atoms. The molecule has 1 aromatic rings. The highest BCUT2D eigenvalue weighted by molar-refractivity contribution is 5.25. The van der Waals surface area contributed by atoms with Gasteiger partial charge in [-0.3, -0.25) is 4.98 Å². The summed E-state index contributed by atoms with van der Waals surface area (Å²) in [4.78, 5) is 4.25. The van der Waals surface area contributed by atoms with Crippen LogP contribution in [0.2, 0.25) is 0 Å². The van der Waals surface area contributed by atoms with Crippen molar-refractivity contribution in [2.24, 2.45) is 5.73 Å². The van der Waals surface area contributed by atoms with E-state index in [0.717, 1.165) is 16.3 Å². The Bertz CT molecular complexity index is 425. The van der Waals surface area contributed by atoms with Gasteiger partial charge in [-0.05, 0) is 32.1 Å². The lowest BCUT2D eigenvalue weighted by molar-refractivity contribution is 1.13. The SMILES string of the molecule is C#CC.C/C=c1/ccc(C)n/c1=C/N.CC.CC. The molecular weight excluding hydrogens is 220 g/mol. The third-order valence-electron chi connectivity index (χ3n) is 1.57. The molecule has 0 spiro atoms. The van der Waals surface area contributed by atoms with Gasteiger partial charge in [0.15, 0.2) is 0 Å². The summed E-state index contributed by atoms with van der Waals surface area (Å²) in [6.07, 6.45) is 8.12. The predicted molar refractivity (Wildman–Crippen MR) is 84.2 cm³/mol. The fraction of sp³-hybridized carbons (Fsp3) is 0.438. The molecule has 0 aliphatic heterocycles. The molecule has 1 aromatic heterocycles. The number of hydrogen-bond donors (Lipinski definition) is 1. The molecule has 2 nitrogen and oxygen atoms in total. The summed E-state index contributed by atoms with van der Waals surface area (Å²) in [5.74, 6) is 2.25. The lowest BCUT2D eigenvalue weighted by Gasteiger charge is -1.91. The maximum absolute atomic E-state index is 5.39. The first kappa shape index (κ1) is 21.5. The Morgan fingerprint density at radius 2 is 1.67 bits per heavy atom. The predicted octanol–water partition coefficient (Wildman–Crippen LogP) is 2.58. The number of aryl methyl sites for hydroxylation is 1. The summed E-state index contributed by atoms with van der Waals surface area (Å²) in [6, 6.07) is 3.99.